The summed E-state index contributed by atoms with van der Waals surface area (Å²) in [5, 5.41) is 12.4. The van der Waals surface area contributed by atoms with Gasteiger partial charge in [-0.1, -0.05) is 25.5 Å². The lowest BCUT2D eigenvalue weighted by Crippen LogP contribution is -2.26. The summed E-state index contributed by atoms with van der Waals surface area (Å²) in [5.74, 6) is 2.17. The standard InChI is InChI=1S/C16H23N5/c1-10-5-7-15(12(3)8-10)21-16(18-19-20-21)13-9-11(2)4-6-14(13)17/h4,6,9-10,12,15H,5,7-8,17H2,1-3H3. The Morgan fingerprint density at radius 2 is 2.05 bits per heavy atom. The highest BCUT2D eigenvalue weighted by molar-refractivity contribution is 5.72. The van der Waals surface area contributed by atoms with Crippen LogP contribution in [0.4, 0.5) is 5.69 Å². The van der Waals surface area contributed by atoms with Crippen LogP contribution >= 0.6 is 0 Å². The lowest BCUT2D eigenvalue weighted by atomic mass is 9.80. The second-order valence-electron chi connectivity index (χ2n) is 6.50. The van der Waals surface area contributed by atoms with E-state index in [2.05, 4.69) is 42.4 Å². The van der Waals surface area contributed by atoms with E-state index in [9.17, 15) is 0 Å². The van der Waals surface area contributed by atoms with Crippen molar-refractivity contribution < 1.29 is 0 Å². The number of anilines is 1. The lowest BCUT2D eigenvalue weighted by Gasteiger charge is -2.32. The Hall–Kier alpha value is -1.91. The molecular formula is C16H23N5. The quantitative estimate of drug-likeness (QED) is 0.860. The van der Waals surface area contributed by atoms with Gasteiger partial charge in [0.05, 0.1) is 6.04 Å². The average Bonchev–Trinajstić information content (AvgIpc) is 2.90. The number of hydrogen-bond donors (Lipinski definition) is 1. The van der Waals surface area contributed by atoms with E-state index in [-0.39, 0.29) is 0 Å². The predicted octanol–water partition coefficient (Wildman–Crippen LogP) is 3.23. The molecule has 1 fully saturated rings. The zero-order chi connectivity index (χ0) is 15.0. The Kier molecular flexibility index (Phi) is 3.66. The molecule has 3 unspecified atom stereocenters. The van der Waals surface area contributed by atoms with Gasteiger partial charge in [-0.3, -0.25) is 0 Å². The van der Waals surface area contributed by atoms with Crippen LogP contribution in [0.25, 0.3) is 11.4 Å². The van der Waals surface area contributed by atoms with Gasteiger partial charge in [-0.15, -0.1) is 5.10 Å². The molecule has 2 N–H and O–H groups in total. The number of tetrazole rings is 1. The molecule has 2 aromatic rings. The number of aromatic nitrogens is 4. The molecule has 3 atom stereocenters. The molecule has 0 bridgehead atoms. The first kappa shape index (κ1) is 14.0. The summed E-state index contributed by atoms with van der Waals surface area (Å²) in [4.78, 5) is 0. The second kappa shape index (κ2) is 5.47. The first-order valence-electron chi connectivity index (χ1n) is 7.70. The van der Waals surface area contributed by atoms with Gasteiger partial charge < -0.3 is 5.73 Å². The van der Waals surface area contributed by atoms with Crippen LogP contribution < -0.4 is 5.73 Å². The van der Waals surface area contributed by atoms with E-state index in [0.29, 0.717) is 12.0 Å². The topological polar surface area (TPSA) is 69.6 Å². The Morgan fingerprint density at radius 3 is 2.81 bits per heavy atom. The summed E-state index contributed by atoms with van der Waals surface area (Å²) < 4.78 is 1.99. The van der Waals surface area contributed by atoms with E-state index in [0.717, 1.165) is 29.4 Å². The van der Waals surface area contributed by atoms with E-state index in [1.165, 1.54) is 18.4 Å². The van der Waals surface area contributed by atoms with Crippen LogP contribution in [-0.2, 0) is 0 Å². The zero-order valence-electron chi connectivity index (χ0n) is 13.0. The predicted molar refractivity (Wildman–Crippen MR) is 83.6 cm³/mol. The Labute approximate surface area is 125 Å². The number of hydrogen-bond acceptors (Lipinski definition) is 4. The van der Waals surface area contributed by atoms with Crippen molar-refractivity contribution in [1.82, 2.24) is 20.2 Å². The molecule has 1 aliphatic carbocycles. The molecule has 1 heterocycles. The molecule has 1 saturated carbocycles. The molecule has 5 nitrogen and oxygen atoms in total. The van der Waals surface area contributed by atoms with Gasteiger partial charge in [0, 0.05) is 11.3 Å². The van der Waals surface area contributed by atoms with Crippen molar-refractivity contribution in [2.75, 3.05) is 5.73 Å². The second-order valence-corrected chi connectivity index (χ2v) is 6.50. The van der Waals surface area contributed by atoms with E-state index >= 15 is 0 Å². The molecule has 0 saturated heterocycles. The van der Waals surface area contributed by atoms with Crippen LogP contribution in [-0.4, -0.2) is 20.2 Å². The third-order valence-electron chi connectivity index (χ3n) is 4.64. The van der Waals surface area contributed by atoms with E-state index in [4.69, 9.17) is 5.73 Å². The van der Waals surface area contributed by atoms with Crippen molar-refractivity contribution in [2.45, 2.75) is 46.1 Å². The molecule has 3 rings (SSSR count). The normalized spacial score (nSPS) is 26.0. The fraction of sp³-hybridized carbons (Fsp3) is 0.562. The van der Waals surface area contributed by atoms with Gasteiger partial charge in [0.1, 0.15) is 0 Å². The highest BCUT2D eigenvalue weighted by Crippen LogP contribution is 2.38. The van der Waals surface area contributed by atoms with E-state index < -0.39 is 0 Å². The van der Waals surface area contributed by atoms with Gasteiger partial charge in [0.25, 0.3) is 0 Å². The van der Waals surface area contributed by atoms with Crippen LogP contribution in [0.2, 0.25) is 0 Å². The number of nitrogen functional groups attached to an aromatic ring is 1. The zero-order valence-corrected chi connectivity index (χ0v) is 13.0. The monoisotopic (exact) mass is 285 g/mol. The van der Waals surface area contributed by atoms with Crippen LogP contribution in [0, 0.1) is 18.8 Å². The molecule has 21 heavy (non-hydrogen) atoms. The Bertz CT molecular complexity index is 633. The maximum atomic E-state index is 6.13. The van der Waals surface area contributed by atoms with Gasteiger partial charge in [0.15, 0.2) is 5.82 Å². The van der Waals surface area contributed by atoms with Crippen LogP contribution in [0.5, 0.6) is 0 Å². The number of aryl methyl sites for hydroxylation is 1. The highest BCUT2D eigenvalue weighted by atomic mass is 15.6. The minimum Gasteiger partial charge on any atom is -0.398 e. The molecule has 0 radical (unpaired) electrons. The van der Waals surface area contributed by atoms with Gasteiger partial charge in [-0.25, -0.2) is 4.68 Å². The fourth-order valence-electron chi connectivity index (χ4n) is 3.47. The molecule has 0 amide bonds. The molecule has 1 aromatic carbocycles. The van der Waals surface area contributed by atoms with Gasteiger partial charge in [-0.05, 0) is 60.6 Å². The van der Waals surface area contributed by atoms with Crippen molar-refractivity contribution >= 4 is 5.69 Å². The smallest absolute Gasteiger partial charge is 0.184 e. The highest BCUT2D eigenvalue weighted by Gasteiger charge is 2.30. The Morgan fingerprint density at radius 1 is 1.24 bits per heavy atom. The van der Waals surface area contributed by atoms with Crippen molar-refractivity contribution in [3.63, 3.8) is 0 Å². The average molecular weight is 285 g/mol. The van der Waals surface area contributed by atoms with Crippen molar-refractivity contribution in [3.05, 3.63) is 23.8 Å². The summed E-state index contributed by atoms with van der Waals surface area (Å²) in [6.07, 6.45) is 3.59. The minimum absolute atomic E-state index is 0.367. The first-order valence-corrected chi connectivity index (χ1v) is 7.70. The third kappa shape index (κ3) is 2.64. The van der Waals surface area contributed by atoms with Crippen LogP contribution in [0.3, 0.4) is 0 Å². The van der Waals surface area contributed by atoms with Crippen molar-refractivity contribution in [2.24, 2.45) is 11.8 Å². The van der Waals surface area contributed by atoms with Crippen LogP contribution in [0.15, 0.2) is 18.2 Å². The summed E-state index contributed by atoms with van der Waals surface area (Å²) in [7, 11) is 0. The van der Waals surface area contributed by atoms with Crippen molar-refractivity contribution in [1.29, 1.82) is 0 Å². The number of nitrogens with zero attached hydrogens (tertiary/aromatic N) is 4. The minimum atomic E-state index is 0.367. The fourth-order valence-corrected chi connectivity index (χ4v) is 3.47. The van der Waals surface area contributed by atoms with E-state index in [1.54, 1.807) is 0 Å². The summed E-state index contributed by atoms with van der Waals surface area (Å²) in [5.41, 5.74) is 8.96. The Balaban J connectivity index is 1.99. The summed E-state index contributed by atoms with van der Waals surface area (Å²) >= 11 is 0. The molecule has 112 valence electrons. The molecule has 0 aliphatic heterocycles. The number of rotatable bonds is 2. The van der Waals surface area contributed by atoms with Gasteiger partial charge in [-0.2, -0.15) is 0 Å². The molecule has 0 spiro atoms. The van der Waals surface area contributed by atoms with Crippen molar-refractivity contribution in [3.8, 4) is 11.4 Å². The molecule has 5 heteroatoms. The first-order chi connectivity index (χ1) is 10.1. The SMILES string of the molecule is Cc1ccc(N)c(-c2nnnn2C2CCC(C)CC2C)c1. The maximum Gasteiger partial charge on any atom is 0.184 e. The summed E-state index contributed by atoms with van der Waals surface area (Å²) in [6.45, 7) is 6.68. The number of nitrogens with two attached hydrogens (primary N) is 1. The molecule has 1 aliphatic rings. The van der Waals surface area contributed by atoms with E-state index in [1.807, 2.05) is 16.8 Å². The summed E-state index contributed by atoms with van der Waals surface area (Å²) in [6, 6.07) is 6.37. The third-order valence-corrected chi connectivity index (χ3v) is 4.64. The maximum absolute atomic E-state index is 6.13. The lowest BCUT2D eigenvalue weighted by molar-refractivity contribution is 0.194. The van der Waals surface area contributed by atoms with Crippen LogP contribution in [0.1, 0.15) is 44.7 Å². The van der Waals surface area contributed by atoms with Gasteiger partial charge >= 0.3 is 0 Å². The molecule has 1 aromatic heterocycles. The number of benzene rings is 1. The molecular weight excluding hydrogens is 262 g/mol. The largest absolute Gasteiger partial charge is 0.398 e. The van der Waals surface area contributed by atoms with Gasteiger partial charge in [0.2, 0.25) is 0 Å².